The third-order valence-electron chi connectivity index (χ3n) is 6.27. The van der Waals surface area contributed by atoms with Gasteiger partial charge in [-0.25, -0.2) is 13.4 Å². The molecule has 2 aromatic carbocycles. The van der Waals surface area contributed by atoms with Crippen LogP contribution in [-0.4, -0.2) is 48.9 Å². The molecule has 192 valence electrons. The zero-order valence-corrected chi connectivity index (χ0v) is 21.9. The molecule has 2 aromatic heterocycles. The van der Waals surface area contributed by atoms with E-state index in [1.807, 2.05) is 31.2 Å². The number of aromatic nitrogens is 3. The largest absolute Gasteiger partial charge is 0.371 e. The second-order valence-electron chi connectivity index (χ2n) is 8.80. The number of nitrogens with one attached hydrogen (secondary N) is 2. The fourth-order valence-electron chi connectivity index (χ4n) is 4.34. The highest BCUT2D eigenvalue weighted by Crippen LogP contribution is 2.30. The van der Waals surface area contributed by atoms with E-state index in [1.165, 1.54) is 22.8 Å². The molecule has 3 heterocycles. The van der Waals surface area contributed by atoms with Crippen LogP contribution in [0.1, 0.15) is 18.6 Å². The summed E-state index contributed by atoms with van der Waals surface area (Å²) in [5, 5.41) is 7.42. The zero-order valence-electron chi connectivity index (χ0n) is 20.4. The van der Waals surface area contributed by atoms with Crippen molar-refractivity contribution in [2.75, 3.05) is 31.3 Å². The minimum atomic E-state index is -3.48. The van der Waals surface area contributed by atoms with Crippen LogP contribution < -0.4 is 16.2 Å². The highest BCUT2D eigenvalue weighted by Gasteiger charge is 2.18. The number of benzene rings is 2. The summed E-state index contributed by atoms with van der Waals surface area (Å²) >= 11 is 6.38. The van der Waals surface area contributed by atoms with Crippen molar-refractivity contribution in [2.24, 2.45) is 0 Å². The topological polar surface area (TPSA) is 115 Å². The highest BCUT2D eigenvalue weighted by molar-refractivity contribution is 7.90. The fourth-order valence-corrected chi connectivity index (χ4v) is 5.20. The third kappa shape index (κ3) is 5.24. The first-order valence-corrected chi connectivity index (χ1v) is 14.1. The van der Waals surface area contributed by atoms with Gasteiger partial charge in [-0.1, -0.05) is 23.7 Å². The SMILES string of the molecule is CCn1c(=O)c(-c2cc(S(C)(=O)=O)ccc2Cl)cc2cnc(Nc3ccc(C4CNCCO4)cc3)nc21. The van der Waals surface area contributed by atoms with Gasteiger partial charge in [-0.05, 0) is 48.9 Å². The van der Waals surface area contributed by atoms with Crippen molar-refractivity contribution < 1.29 is 13.2 Å². The average molecular weight is 540 g/mol. The Labute approximate surface area is 219 Å². The first kappa shape index (κ1) is 25.3. The number of fused-ring (bicyclic) bond motifs is 1. The monoisotopic (exact) mass is 539 g/mol. The summed E-state index contributed by atoms with van der Waals surface area (Å²) in [5.74, 6) is 0.349. The van der Waals surface area contributed by atoms with E-state index in [9.17, 15) is 13.2 Å². The molecule has 0 bridgehead atoms. The first-order valence-electron chi connectivity index (χ1n) is 11.8. The molecular weight excluding hydrogens is 514 g/mol. The number of hydrogen-bond acceptors (Lipinski definition) is 8. The molecule has 2 N–H and O–H groups in total. The number of aryl methyl sites for hydroxylation is 1. The second kappa shape index (κ2) is 10.2. The van der Waals surface area contributed by atoms with Crippen LogP contribution >= 0.6 is 11.6 Å². The fraction of sp³-hybridized carbons (Fsp3) is 0.269. The number of pyridine rings is 1. The van der Waals surface area contributed by atoms with Crippen molar-refractivity contribution in [1.29, 1.82) is 0 Å². The Morgan fingerprint density at radius 3 is 2.62 bits per heavy atom. The van der Waals surface area contributed by atoms with Gasteiger partial charge in [-0.15, -0.1) is 0 Å². The maximum Gasteiger partial charge on any atom is 0.260 e. The van der Waals surface area contributed by atoms with E-state index in [1.54, 1.807) is 12.3 Å². The molecule has 0 aliphatic carbocycles. The Bertz CT molecular complexity index is 1630. The average Bonchev–Trinajstić information content (AvgIpc) is 2.89. The summed E-state index contributed by atoms with van der Waals surface area (Å²) in [7, 11) is -3.48. The normalized spacial score (nSPS) is 16.1. The second-order valence-corrected chi connectivity index (χ2v) is 11.2. The first-order chi connectivity index (χ1) is 17.7. The molecule has 1 unspecified atom stereocenters. The van der Waals surface area contributed by atoms with E-state index in [2.05, 4.69) is 20.6 Å². The van der Waals surface area contributed by atoms with Crippen LogP contribution in [0.25, 0.3) is 22.2 Å². The summed E-state index contributed by atoms with van der Waals surface area (Å²) in [5.41, 5.74) is 2.66. The standard InChI is InChI=1S/C26H26ClN5O4S/c1-3-32-24-17(12-21(25(32)33)20-13-19(37(2,34)35)8-9-22(20)27)14-29-26(31-24)30-18-6-4-16(5-7-18)23-15-28-10-11-36-23/h4-9,12-14,23,28H,3,10-11,15H2,1-2H3,(H,29,30,31). The maximum absolute atomic E-state index is 13.4. The number of morpholine rings is 1. The van der Waals surface area contributed by atoms with Crippen LogP contribution in [0.2, 0.25) is 5.02 Å². The summed E-state index contributed by atoms with van der Waals surface area (Å²) < 4.78 is 31.5. The Kier molecular flexibility index (Phi) is 7.00. The molecule has 0 radical (unpaired) electrons. The van der Waals surface area contributed by atoms with Crippen LogP contribution in [0, 0.1) is 0 Å². The van der Waals surface area contributed by atoms with Crippen molar-refractivity contribution in [3.05, 3.63) is 75.7 Å². The van der Waals surface area contributed by atoms with E-state index < -0.39 is 9.84 Å². The molecule has 0 saturated carbocycles. The van der Waals surface area contributed by atoms with Crippen molar-refractivity contribution >= 4 is 44.1 Å². The third-order valence-corrected chi connectivity index (χ3v) is 7.71. The summed E-state index contributed by atoms with van der Waals surface area (Å²) in [6, 6.07) is 13.9. The molecule has 1 saturated heterocycles. The van der Waals surface area contributed by atoms with Gasteiger partial charge in [0.1, 0.15) is 5.65 Å². The zero-order chi connectivity index (χ0) is 26.2. The van der Waals surface area contributed by atoms with Gasteiger partial charge in [0.05, 0.1) is 17.6 Å². The molecule has 9 nitrogen and oxygen atoms in total. The minimum absolute atomic E-state index is 0.0273. The van der Waals surface area contributed by atoms with Crippen LogP contribution in [0.4, 0.5) is 11.6 Å². The number of anilines is 2. The number of rotatable bonds is 6. The number of sulfone groups is 1. The van der Waals surface area contributed by atoms with E-state index >= 15 is 0 Å². The van der Waals surface area contributed by atoms with Gasteiger partial charge in [0.2, 0.25) is 5.95 Å². The molecule has 4 aromatic rings. The van der Waals surface area contributed by atoms with E-state index in [0.717, 1.165) is 30.6 Å². The lowest BCUT2D eigenvalue weighted by Gasteiger charge is -2.24. The quantitative estimate of drug-likeness (QED) is 0.378. The lowest BCUT2D eigenvalue weighted by molar-refractivity contribution is 0.0277. The van der Waals surface area contributed by atoms with Crippen molar-refractivity contribution in [3.63, 3.8) is 0 Å². The van der Waals surface area contributed by atoms with Crippen molar-refractivity contribution in [1.82, 2.24) is 19.9 Å². The highest BCUT2D eigenvalue weighted by atomic mass is 35.5. The predicted octanol–water partition coefficient (Wildman–Crippen LogP) is 3.94. The molecule has 1 aliphatic rings. The van der Waals surface area contributed by atoms with E-state index in [-0.39, 0.29) is 27.1 Å². The van der Waals surface area contributed by atoms with Gasteiger partial charge < -0.3 is 15.4 Å². The van der Waals surface area contributed by atoms with Crippen LogP contribution in [0.5, 0.6) is 0 Å². The molecule has 1 atom stereocenters. The molecule has 1 aliphatic heterocycles. The molecule has 5 rings (SSSR count). The molecule has 0 spiro atoms. The van der Waals surface area contributed by atoms with E-state index in [0.29, 0.717) is 35.7 Å². The van der Waals surface area contributed by atoms with E-state index in [4.69, 9.17) is 16.3 Å². The van der Waals surface area contributed by atoms with Crippen LogP contribution in [-0.2, 0) is 21.1 Å². The van der Waals surface area contributed by atoms with Gasteiger partial charge in [0.15, 0.2) is 9.84 Å². The van der Waals surface area contributed by atoms with Gasteiger partial charge in [-0.2, -0.15) is 4.98 Å². The number of hydrogen-bond donors (Lipinski definition) is 2. The minimum Gasteiger partial charge on any atom is -0.371 e. The molecule has 1 fully saturated rings. The Morgan fingerprint density at radius 1 is 1.16 bits per heavy atom. The molecular formula is C26H26ClN5O4S. The Morgan fingerprint density at radius 2 is 1.95 bits per heavy atom. The molecule has 0 amide bonds. The van der Waals surface area contributed by atoms with Gasteiger partial charge >= 0.3 is 0 Å². The van der Waals surface area contributed by atoms with Crippen molar-refractivity contribution in [3.8, 4) is 11.1 Å². The smallest absolute Gasteiger partial charge is 0.260 e. The van der Waals surface area contributed by atoms with Gasteiger partial charge in [-0.3, -0.25) is 9.36 Å². The lowest BCUT2D eigenvalue weighted by Crippen LogP contribution is -2.33. The molecule has 11 heteroatoms. The number of halogens is 1. The number of ether oxygens (including phenoxy) is 1. The lowest BCUT2D eigenvalue weighted by atomic mass is 10.1. The number of nitrogens with zero attached hydrogens (tertiary/aromatic N) is 3. The van der Waals surface area contributed by atoms with Crippen LogP contribution in [0.3, 0.4) is 0 Å². The Balaban J connectivity index is 1.50. The summed E-state index contributed by atoms with van der Waals surface area (Å²) in [6.07, 6.45) is 2.77. The van der Waals surface area contributed by atoms with Crippen LogP contribution in [0.15, 0.2) is 64.4 Å². The maximum atomic E-state index is 13.4. The Hall–Kier alpha value is -3.31. The summed E-state index contributed by atoms with van der Waals surface area (Å²) in [6.45, 7) is 4.52. The van der Waals surface area contributed by atoms with Gasteiger partial charge in [0, 0.05) is 59.3 Å². The van der Waals surface area contributed by atoms with Gasteiger partial charge in [0.25, 0.3) is 5.56 Å². The summed E-state index contributed by atoms with van der Waals surface area (Å²) in [4.78, 5) is 22.6. The molecule has 37 heavy (non-hydrogen) atoms. The van der Waals surface area contributed by atoms with Crippen molar-refractivity contribution in [2.45, 2.75) is 24.5 Å². The predicted molar refractivity (Wildman–Crippen MR) is 144 cm³/mol.